The molecule has 0 saturated heterocycles. The second-order valence-electron chi connectivity index (χ2n) is 10.0. The number of amides is 2. The van der Waals surface area contributed by atoms with E-state index in [1.54, 1.807) is 24.3 Å². The Kier molecular flexibility index (Phi) is 10.0. The Bertz CT molecular complexity index is 1640. The van der Waals surface area contributed by atoms with Crippen molar-refractivity contribution in [1.82, 2.24) is 0 Å². The predicted molar refractivity (Wildman–Crippen MR) is 166 cm³/mol. The maximum absolute atomic E-state index is 12.3. The monoisotopic (exact) mass is 576 g/mol. The second kappa shape index (κ2) is 14.0. The molecule has 8 heteroatoms. The molecule has 0 bridgehead atoms. The quantitative estimate of drug-likeness (QED) is 0.0934. The number of aliphatic hydroxyl groups is 2. The number of carboxylic acids is 1. The van der Waals surface area contributed by atoms with Crippen molar-refractivity contribution in [3.63, 3.8) is 0 Å². The zero-order valence-electron chi connectivity index (χ0n) is 23.7. The van der Waals surface area contributed by atoms with Crippen LogP contribution in [0.5, 0.6) is 0 Å². The smallest absolute Gasteiger partial charge is 0.331 e. The number of carboxylic acid groups (broad SMARTS) is 1. The number of nitrogens with one attached hydrogen (secondary N) is 2. The summed E-state index contributed by atoms with van der Waals surface area (Å²) in [7, 11) is 0. The van der Waals surface area contributed by atoms with E-state index < -0.39 is 24.1 Å². The molecule has 0 heterocycles. The summed E-state index contributed by atoms with van der Waals surface area (Å²) < 4.78 is 0. The van der Waals surface area contributed by atoms with Crippen LogP contribution >= 0.6 is 0 Å². The summed E-state index contributed by atoms with van der Waals surface area (Å²) in [6.45, 7) is 2.80. The van der Waals surface area contributed by atoms with Crippen molar-refractivity contribution in [2.75, 3.05) is 10.6 Å². The molecular weight excluding hydrogens is 544 g/mol. The van der Waals surface area contributed by atoms with Gasteiger partial charge >= 0.3 is 5.97 Å². The van der Waals surface area contributed by atoms with Crippen molar-refractivity contribution in [3.05, 3.63) is 143 Å². The summed E-state index contributed by atoms with van der Waals surface area (Å²) in [5.74, 6) is -2.35. The van der Waals surface area contributed by atoms with E-state index >= 15 is 0 Å². The lowest BCUT2D eigenvalue weighted by atomic mass is 9.84. The molecule has 1 atom stereocenters. The molecule has 8 nitrogen and oxygen atoms in total. The second-order valence-corrected chi connectivity index (χ2v) is 10.0. The van der Waals surface area contributed by atoms with Crippen molar-refractivity contribution >= 4 is 29.2 Å². The minimum absolute atomic E-state index is 0.0649. The fraction of sp³-hybridized carbons (Fsp3) is 0.114. The van der Waals surface area contributed by atoms with E-state index in [1.165, 1.54) is 13.8 Å². The highest BCUT2D eigenvalue weighted by Crippen LogP contribution is 2.34. The SMILES string of the molecule is C/C(=C\C(=O)Nc1ccc(C(c2ccc(NC(=O)/C=C(\C)C(O)O)cc2)c2ccc(-c3ccccc3)cc2)cc1)C(=O)O. The standard InChI is InChI=1S/C35H32N2O6/c1-22(34(40)41)20-31(38)36-29-16-12-27(13-17-29)33(26-10-8-25(9-11-26)24-6-4-3-5-7-24)28-14-18-30(19-15-28)37-32(39)21-23(2)35(42)43/h3-21,33-34,40-41H,1-2H3,(H,36,38)(H,37,39)(H,42,43)/b22-20+,23-21+. The summed E-state index contributed by atoms with van der Waals surface area (Å²) in [6, 6.07) is 33.1. The van der Waals surface area contributed by atoms with Gasteiger partial charge in [-0.2, -0.15) is 0 Å². The minimum Gasteiger partial charge on any atom is -0.478 e. The van der Waals surface area contributed by atoms with Crippen LogP contribution in [-0.2, 0) is 14.4 Å². The van der Waals surface area contributed by atoms with Gasteiger partial charge < -0.3 is 26.0 Å². The Morgan fingerprint density at radius 2 is 1.02 bits per heavy atom. The Hall–Kier alpha value is -5.31. The van der Waals surface area contributed by atoms with Gasteiger partial charge in [0.05, 0.1) is 0 Å². The molecule has 0 aromatic heterocycles. The lowest BCUT2D eigenvalue weighted by Crippen LogP contribution is -2.13. The van der Waals surface area contributed by atoms with E-state index in [-0.39, 0.29) is 17.1 Å². The average Bonchev–Trinajstić information content (AvgIpc) is 2.99. The van der Waals surface area contributed by atoms with E-state index in [4.69, 9.17) is 5.11 Å². The van der Waals surface area contributed by atoms with Crippen LogP contribution in [0.3, 0.4) is 0 Å². The van der Waals surface area contributed by atoms with Gasteiger partial charge in [0.1, 0.15) is 0 Å². The number of benzene rings is 4. The van der Waals surface area contributed by atoms with Crippen LogP contribution in [-0.4, -0.2) is 39.4 Å². The largest absolute Gasteiger partial charge is 0.478 e. The molecule has 2 amide bonds. The number of aliphatic carboxylic acids is 1. The lowest BCUT2D eigenvalue weighted by Gasteiger charge is -2.20. The van der Waals surface area contributed by atoms with Crippen LogP contribution in [0.2, 0.25) is 0 Å². The van der Waals surface area contributed by atoms with Crippen LogP contribution in [0.4, 0.5) is 11.4 Å². The third-order valence-corrected chi connectivity index (χ3v) is 6.83. The number of rotatable bonds is 10. The number of anilines is 2. The number of carbonyl (C=O) groups excluding carboxylic acids is 2. The molecule has 218 valence electrons. The summed E-state index contributed by atoms with van der Waals surface area (Å²) in [5, 5.41) is 32.9. The Labute approximate surface area is 249 Å². The van der Waals surface area contributed by atoms with Crippen LogP contribution in [0.15, 0.2) is 126 Å². The number of hydrogen-bond donors (Lipinski definition) is 5. The van der Waals surface area contributed by atoms with Crippen molar-refractivity contribution < 1.29 is 29.7 Å². The molecule has 5 N–H and O–H groups in total. The molecule has 0 aliphatic rings. The first kappa shape index (κ1) is 30.6. The highest BCUT2D eigenvalue weighted by atomic mass is 16.5. The maximum Gasteiger partial charge on any atom is 0.331 e. The highest BCUT2D eigenvalue weighted by Gasteiger charge is 2.18. The van der Waals surface area contributed by atoms with Crippen LogP contribution in [0.25, 0.3) is 11.1 Å². The van der Waals surface area contributed by atoms with Gasteiger partial charge in [0.15, 0.2) is 6.29 Å². The van der Waals surface area contributed by atoms with E-state index in [0.29, 0.717) is 11.4 Å². The summed E-state index contributed by atoms with van der Waals surface area (Å²) >= 11 is 0. The first-order valence-electron chi connectivity index (χ1n) is 13.5. The zero-order chi connectivity index (χ0) is 30.9. The van der Waals surface area contributed by atoms with Gasteiger partial charge in [-0.15, -0.1) is 0 Å². The topological polar surface area (TPSA) is 136 Å². The van der Waals surface area contributed by atoms with Crippen LogP contribution < -0.4 is 10.6 Å². The first-order valence-corrected chi connectivity index (χ1v) is 13.5. The van der Waals surface area contributed by atoms with Gasteiger partial charge in [-0.1, -0.05) is 78.9 Å². The summed E-state index contributed by atoms with van der Waals surface area (Å²) in [6.07, 6.45) is 0.470. The highest BCUT2D eigenvalue weighted by molar-refractivity contribution is 6.04. The van der Waals surface area contributed by atoms with Crippen LogP contribution in [0.1, 0.15) is 36.5 Å². The maximum atomic E-state index is 12.3. The molecule has 0 saturated carbocycles. The van der Waals surface area contributed by atoms with Gasteiger partial charge in [0.25, 0.3) is 0 Å². The molecule has 4 aromatic rings. The molecule has 0 fully saturated rings. The molecule has 0 spiro atoms. The fourth-order valence-corrected chi connectivity index (χ4v) is 4.49. The Morgan fingerprint density at radius 3 is 1.47 bits per heavy atom. The van der Waals surface area contributed by atoms with E-state index in [1.807, 2.05) is 42.5 Å². The minimum atomic E-state index is -1.70. The van der Waals surface area contributed by atoms with Crippen molar-refractivity contribution in [2.24, 2.45) is 0 Å². The predicted octanol–water partition coefficient (Wildman–Crippen LogP) is 5.70. The van der Waals surface area contributed by atoms with Gasteiger partial charge in [0, 0.05) is 35.0 Å². The van der Waals surface area contributed by atoms with Gasteiger partial charge in [-0.05, 0) is 71.5 Å². The van der Waals surface area contributed by atoms with Gasteiger partial charge in [-0.3, -0.25) is 9.59 Å². The van der Waals surface area contributed by atoms with Crippen molar-refractivity contribution in [1.29, 1.82) is 0 Å². The van der Waals surface area contributed by atoms with Crippen LogP contribution in [0, 0.1) is 0 Å². The van der Waals surface area contributed by atoms with E-state index in [2.05, 4.69) is 47.0 Å². The molecule has 0 aliphatic heterocycles. The zero-order valence-corrected chi connectivity index (χ0v) is 23.7. The third-order valence-electron chi connectivity index (χ3n) is 6.83. The molecular formula is C35H32N2O6. The lowest BCUT2D eigenvalue weighted by molar-refractivity contribution is -0.132. The Balaban J connectivity index is 1.63. The average molecular weight is 577 g/mol. The molecule has 43 heavy (non-hydrogen) atoms. The van der Waals surface area contributed by atoms with E-state index in [9.17, 15) is 24.6 Å². The van der Waals surface area contributed by atoms with Crippen molar-refractivity contribution in [2.45, 2.75) is 26.1 Å². The van der Waals surface area contributed by atoms with Gasteiger partial charge in [0.2, 0.25) is 11.8 Å². The summed E-state index contributed by atoms with van der Waals surface area (Å²) in [4.78, 5) is 35.5. The molecule has 1 unspecified atom stereocenters. The normalized spacial score (nSPS) is 12.5. The summed E-state index contributed by atoms with van der Waals surface area (Å²) in [5.41, 5.74) is 6.27. The number of aliphatic hydroxyl groups excluding tert-OH is 1. The molecule has 0 aliphatic carbocycles. The molecule has 4 aromatic carbocycles. The third kappa shape index (κ3) is 8.36. The number of carbonyl (C=O) groups is 3. The first-order chi connectivity index (χ1) is 20.6. The van der Waals surface area contributed by atoms with Crippen molar-refractivity contribution in [3.8, 4) is 11.1 Å². The van der Waals surface area contributed by atoms with Gasteiger partial charge in [-0.25, -0.2) is 4.79 Å². The Morgan fingerprint density at radius 1 is 0.605 bits per heavy atom. The fourth-order valence-electron chi connectivity index (χ4n) is 4.49. The molecule has 0 radical (unpaired) electrons. The number of hydrogen-bond acceptors (Lipinski definition) is 5. The molecule has 4 rings (SSSR count). The van der Waals surface area contributed by atoms with E-state index in [0.717, 1.165) is 40.0 Å².